The van der Waals surface area contributed by atoms with Crippen molar-refractivity contribution in [3.8, 4) is 0 Å². The largest absolute Gasteiger partial charge is 0.423 e. The Hall–Kier alpha value is -2.34. The minimum atomic E-state index is -4.90. The molecule has 6 heteroatoms. The third-order valence-electron chi connectivity index (χ3n) is 3.75. The number of amides is 1. The Kier molecular flexibility index (Phi) is 5.62. The summed E-state index contributed by atoms with van der Waals surface area (Å²) >= 11 is 0. The highest BCUT2D eigenvalue weighted by molar-refractivity contribution is 5.76. The van der Waals surface area contributed by atoms with Gasteiger partial charge in [-0.15, -0.1) is 0 Å². The number of nitrogens with one attached hydrogen (secondary N) is 1. The van der Waals surface area contributed by atoms with E-state index in [1.54, 1.807) is 6.07 Å². The molecule has 2 rings (SSSR count). The van der Waals surface area contributed by atoms with Crippen LogP contribution in [0, 0.1) is 0 Å². The lowest BCUT2D eigenvalue weighted by Crippen LogP contribution is -2.51. The normalized spacial score (nSPS) is 14.0. The summed E-state index contributed by atoms with van der Waals surface area (Å²) in [7, 11) is 0. The highest BCUT2D eigenvalue weighted by Crippen LogP contribution is 2.38. The second kappa shape index (κ2) is 7.49. The molecular formula is C18H18F3NO2. The molecule has 0 aliphatic carbocycles. The fourth-order valence-corrected chi connectivity index (χ4v) is 2.30. The zero-order valence-corrected chi connectivity index (χ0v) is 12.9. The average molecular weight is 337 g/mol. The Morgan fingerprint density at radius 2 is 1.50 bits per heavy atom. The zero-order chi connectivity index (χ0) is 17.6. The van der Waals surface area contributed by atoms with Crippen LogP contribution in [0.5, 0.6) is 0 Å². The number of hydrogen-bond donors (Lipinski definition) is 2. The van der Waals surface area contributed by atoms with Crippen molar-refractivity contribution in [2.45, 2.75) is 24.6 Å². The summed E-state index contributed by atoms with van der Waals surface area (Å²) in [6.07, 6.45) is -4.43. The molecule has 0 radical (unpaired) electrons. The lowest BCUT2D eigenvalue weighted by Gasteiger charge is -2.31. The Balaban J connectivity index is 1.99. The van der Waals surface area contributed by atoms with Gasteiger partial charge in [0.15, 0.2) is 0 Å². The molecule has 2 aromatic rings. The Labute approximate surface area is 138 Å². The maximum atomic E-state index is 13.3. The molecule has 2 aromatic carbocycles. The zero-order valence-electron chi connectivity index (χ0n) is 12.9. The molecule has 0 aliphatic heterocycles. The van der Waals surface area contributed by atoms with Gasteiger partial charge in [0.25, 0.3) is 0 Å². The van der Waals surface area contributed by atoms with Crippen LogP contribution in [0.2, 0.25) is 0 Å². The van der Waals surface area contributed by atoms with E-state index in [0.717, 1.165) is 5.56 Å². The van der Waals surface area contributed by atoms with E-state index in [1.807, 2.05) is 30.3 Å². The molecule has 0 heterocycles. The number of alkyl halides is 3. The van der Waals surface area contributed by atoms with Crippen molar-refractivity contribution in [3.05, 3.63) is 71.8 Å². The Morgan fingerprint density at radius 3 is 2.04 bits per heavy atom. The van der Waals surface area contributed by atoms with E-state index >= 15 is 0 Å². The molecule has 2 N–H and O–H groups in total. The van der Waals surface area contributed by atoms with Gasteiger partial charge >= 0.3 is 6.18 Å². The molecule has 3 nitrogen and oxygen atoms in total. The summed E-state index contributed by atoms with van der Waals surface area (Å²) in [6.45, 7) is -0.922. The summed E-state index contributed by atoms with van der Waals surface area (Å²) in [4.78, 5) is 11.8. The van der Waals surface area contributed by atoms with Crippen LogP contribution in [0.4, 0.5) is 13.2 Å². The van der Waals surface area contributed by atoms with Crippen molar-refractivity contribution >= 4 is 5.91 Å². The van der Waals surface area contributed by atoms with Gasteiger partial charge in [0.2, 0.25) is 11.5 Å². The molecular weight excluding hydrogens is 319 g/mol. The maximum absolute atomic E-state index is 13.3. The summed E-state index contributed by atoms with van der Waals surface area (Å²) in [5.74, 6) is -0.544. The first-order chi connectivity index (χ1) is 11.3. The summed E-state index contributed by atoms with van der Waals surface area (Å²) in [5, 5.41) is 12.3. The van der Waals surface area contributed by atoms with E-state index in [4.69, 9.17) is 0 Å². The molecule has 1 amide bonds. The first-order valence-corrected chi connectivity index (χ1v) is 7.48. The lowest BCUT2D eigenvalue weighted by molar-refractivity contribution is -0.264. The van der Waals surface area contributed by atoms with E-state index in [1.165, 1.54) is 24.3 Å². The number of halogens is 3. The van der Waals surface area contributed by atoms with Crippen LogP contribution in [0.25, 0.3) is 0 Å². The van der Waals surface area contributed by atoms with E-state index in [2.05, 4.69) is 5.32 Å². The number of aliphatic hydroxyl groups is 1. The third kappa shape index (κ3) is 4.35. The smallest absolute Gasteiger partial charge is 0.375 e. The minimum Gasteiger partial charge on any atom is -0.375 e. The van der Waals surface area contributed by atoms with Crippen molar-refractivity contribution < 1.29 is 23.1 Å². The van der Waals surface area contributed by atoms with Crippen molar-refractivity contribution in [1.82, 2.24) is 5.32 Å². The maximum Gasteiger partial charge on any atom is 0.423 e. The second-order valence-electron chi connectivity index (χ2n) is 5.49. The number of carbonyl (C=O) groups is 1. The van der Waals surface area contributed by atoms with Crippen LogP contribution >= 0.6 is 0 Å². The van der Waals surface area contributed by atoms with Crippen LogP contribution in [0.15, 0.2) is 60.7 Å². The van der Waals surface area contributed by atoms with Gasteiger partial charge in [-0.05, 0) is 17.5 Å². The fourth-order valence-electron chi connectivity index (χ4n) is 2.30. The van der Waals surface area contributed by atoms with Crippen LogP contribution in [0.1, 0.15) is 17.5 Å². The molecule has 1 atom stereocenters. The van der Waals surface area contributed by atoms with Crippen LogP contribution in [0.3, 0.4) is 0 Å². The van der Waals surface area contributed by atoms with Gasteiger partial charge in [-0.3, -0.25) is 4.79 Å². The topological polar surface area (TPSA) is 49.3 Å². The predicted octanol–water partition coefficient (Wildman–Crippen LogP) is 3.19. The molecule has 0 aliphatic rings. The molecule has 128 valence electrons. The van der Waals surface area contributed by atoms with Crippen LogP contribution in [-0.4, -0.2) is 23.7 Å². The molecule has 0 bridgehead atoms. The molecule has 24 heavy (non-hydrogen) atoms. The minimum absolute atomic E-state index is 0.0484. The predicted molar refractivity (Wildman–Crippen MR) is 84.2 cm³/mol. The van der Waals surface area contributed by atoms with E-state index < -0.39 is 24.2 Å². The molecule has 0 saturated carbocycles. The monoisotopic (exact) mass is 337 g/mol. The van der Waals surface area contributed by atoms with Crippen LogP contribution in [-0.2, 0) is 16.8 Å². The number of hydrogen-bond acceptors (Lipinski definition) is 2. The first-order valence-electron chi connectivity index (χ1n) is 7.48. The second-order valence-corrected chi connectivity index (χ2v) is 5.49. The quantitative estimate of drug-likeness (QED) is 0.850. The van der Waals surface area contributed by atoms with Gasteiger partial charge in [-0.2, -0.15) is 13.2 Å². The van der Waals surface area contributed by atoms with Crippen molar-refractivity contribution in [1.29, 1.82) is 0 Å². The number of carbonyl (C=O) groups excluding carboxylic acids is 1. The van der Waals surface area contributed by atoms with Gasteiger partial charge in [-0.25, -0.2) is 0 Å². The van der Waals surface area contributed by atoms with E-state index in [0.29, 0.717) is 6.42 Å². The SMILES string of the molecule is O=C(CCc1ccccc1)NC[C@@](O)(c1ccccc1)C(F)(F)F. The summed E-state index contributed by atoms with van der Waals surface area (Å²) < 4.78 is 39.9. The average Bonchev–Trinajstić information content (AvgIpc) is 2.58. The van der Waals surface area contributed by atoms with Crippen molar-refractivity contribution in [3.63, 3.8) is 0 Å². The number of benzene rings is 2. The highest BCUT2D eigenvalue weighted by Gasteiger charge is 2.55. The summed E-state index contributed by atoms with van der Waals surface area (Å²) in [5.41, 5.74) is -2.50. The Bertz CT molecular complexity index is 659. The third-order valence-corrected chi connectivity index (χ3v) is 3.75. The number of rotatable bonds is 6. The molecule has 0 unspecified atom stereocenters. The van der Waals surface area contributed by atoms with Crippen LogP contribution < -0.4 is 5.32 Å². The molecule has 0 fully saturated rings. The Morgan fingerprint density at radius 1 is 0.958 bits per heavy atom. The summed E-state index contributed by atoms with van der Waals surface area (Å²) in [6, 6.07) is 15.9. The standard InChI is InChI=1S/C18H18F3NO2/c19-18(20,21)17(24,15-9-5-2-6-10-15)13-22-16(23)12-11-14-7-3-1-4-8-14/h1-10,24H,11-13H2,(H,22,23)/t17-/m1/s1. The van der Waals surface area contributed by atoms with Crippen molar-refractivity contribution in [2.24, 2.45) is 0 Å². The number of aryl methyl sites for hydroxylation is 1. The molecule has 0 spiro atoms. The lowest BCUT2D eigenvalue weighted by atomic mass is 9.93. The van der Waals surface area contributed by atoms with Gasteiger partial charge < -0.3 is 10.4 Å². The van der Waals surface area contributed by atoms with Crippen molar-refractivity contribution in [2.75, 3.05) is 6.54 Å². The highest BCUT2D eigenvalue weighted by atomic mass is 19.4. The van der Waals surface area contributed by atoms with Gasteiger partial charge in [0.05, 0.1) is 6.54 Å². The van der Waals surface area contributed by atoms with E-state index in [-0.39, 0.29) is 12.0 Å². The van der Waals surface area contributed by atoms with E-state index in [9.17, 15) is 23.1 Å². The molecule has 0 aromatic heterocycles. The fraction of sp³-hybridized carbons (Fsp3) is 0.278. The molecule has 0 saturated heterocycles. The van der Waals surface area contributed by atoms with Gasteiger partial charge in [0.1, 0.15) is 0 Å². The van der Waals surface area contributed by atoms with Gasteiger partial charge in [-0.1, -0.05) is 60.7 Å². The first kappa shape index (κ1) is 18.0. The van der Waals surface area contributed by atoms with Gasteiger partial charge in [0, 0.05) is 6.42 Å².